The van der Waals surface area contributed by atoms with E-state index in [1.54, 1.807) is 61.8 Å². The number of pyridine rings is 1. The number of carbonyl (C=O) groups is 3. The van der Waals surface area contributed by atoms with Gasteiger partial charge in [-0.15, -0.1) is 11.3 Å². The average Bonchev–Trinajstić information content (AvgIpc) is 3.51. The number of carbonyl (C=O) groups excluding carboxylic acids is 3. The maximum Gasteiger partial charge on any atom is 0.261 e. The fourth-order valence-electron chi connectivity index (χ4n) is 4.33. The lowest BCUT2D eigenvalue weighted by Crippen LogP contribution is -2.48. The first-order valence-corrected chi connectivity index (χ1v) is 13.0. The van der Waals surface area contributed by atoms with E-state index in [4.69, 9.17) is 16.3 Å². The number of methoxy groups -OCH3 is 1. The van der Waals surface area contributed by atoms with E-state index in [9.17, 15) is 19.2 Å². The number of nitrogens with one attached hydrogen (secondary N) is 3. The van der Waals surface area contributed by atoms with E-state index in [-0.39, 0.29) is 29.2 Å². The molecule has 11 heteroatoms. The van der Waals surface area contributed by atoms with Gasteiger partial charge in [0.05, 0.1) is 27.9 Å². The number of halogens is 1. The Morgan fingerprint density at radius 3 is 2.32 bits per heavy atom. The maximum absolute atomic E-state index is 13.1. The Labute approximate surface area is 222 Å². The van der Waals surface area contributed by atoms with Crippen molar-refractivity contribution in [2.45, 2.75) is 24.9 Å². The molecule has 9 nitrogen and oxygen atoms in total. The van der Waals surface area contributed by atoms with Crippen LogP contribution >= 0.6 is 22.9 Å². The molecule has 1 saturated carbocycles. The molecule has 1 aromatic carbocycles. The summed E-state index contributed by atoms with van der Waals surface area (Å²) >= 11 is 7.13. The molecular formula is C26H27ClN4O5S. The lowest BCUT2D eigenvalue weighted by molar-refractivity contribution is -0.125. The first-order chi connectivity index (χ1) is 17.9. The molecule has 1 fully saturated rings. The zero-order valence-corrected chi connectivity index (χ0v) is 21.7. The van der Waals surface area contributed by atoms with Gasteiger partial charge in [0.2, 0.25) is 5.91 Å². The SMILES string of the molecule is COCCNC(=O)[C@H]1C[C@H](NC(=O)c2ccc(-n3ccccc3=O)cc2)[C@H](NC(=O)c2ccc(Cl)s2)C1. The summed E-state index contributed by atoms with van der Waals surface area (Å²) < 4.78 is 6.97. The predicted octanol–water partition coefficient (Wildman–Crippen LogP) is 2.62. The number of hydrogen-bond donors (Lipinski definition) is 3. The van der Waals surface area contributed by atoms with Crippen molar-refractivity contribution < 1.29 is 19.1 Å². The van der Waals surface area contributed by atoms with Gasteiger partial charge in [0, 0.05) is 43.1 Å². The minimum atomic E-state index is -0.457. The molecule has 0 spiro atoms. The van der Waals surface area contributed by atoms with Crippen LogP contribution in [0.1, 0.15) is 32.9 Å². The van der Waals surface area contributed by atoms with Crippen molar-refractivity contribution in [1.29, 1.82) is 0 Å². The Hall–Kier alpha value is -3.47. The summed E-state index contributed by atoms with van der Waals surface area (Å²) in [5.41, 5.74) is 0.859. The predicted molar refractivity (Wildman–Crippen MR) is 141 cm³/mol. The topological polar surface area (TPSA) is 119 Å². The second-order valence-electron chi connectivity index (χ2n) is 8.67. The molecule has 3 N–H and O–H groups in total. The lowest BCUT2D eigenvalue weighted by Gasteiger charge is -2.22. The molecule has 3 atom stereocenters. The van der Waals surface area contributed by atoms with E-state index >= 15 is 0 Å². The molecule has 0 bridgehead atoms. The van der Waals surface area contributed by atoms with E-state index < -0.39 is 12.1 Å². The van der Waals surface area contributed by atoms with Crippen molar-refractivity contribution in [2.75, 3.05) is 20.3 Å². The summed E-state index contributed by atoms with van der Waals surface area (Å²) in [5.74, 6) is -1.17. The van der Waals surface area contributed by atoms with Crippen molar-refractivity contribution in [2.24, 2.45) is 5.92 Å². The minimum Gasteiger partial charge on any atom is -0.383 e. The molecule has 0 unspecified atom stereocenters. The monoisotopic (exact) mass is 542 g/mol. The van der Waals surface area contributed by atoms with Gasteiger partial charge < -0.3 is 20.7 Å². The number of ether oxygens (including phenoxy) is 1. The third-order valence-electron chi connectivity index (χ3n) is 6.20. The van der Waals surface area contributed by atoms with Gasteiger partial charge in [-0.05, 0) is 55.3 Å². The molecule has 3 amide bonds. The average molecular weight is 543 g/mol. The highest BCUT2D eigenvalue weighted by Crippen LogP contribution is 2.28. The van der Waals surface area contributed by atoms with Crippen molar-refractivity contribution >= 4 is 40.7 Å². The van der Waals surface area contributed by atoms with E-state index in [1.807, 2.05) is 0 Å². The summed E-state index contributed by atoms with van der Waals surface area (Å²) in [6.45, 7) is 0.771. The largest absolute Gasteiger partial charge is 0.383 e. The Morgan fingerprint density at radius 2 is 1.70 bits per heavy atom. The molecule has 2 heterocycles. The highest BCUT2D eigenvalue weighted by molar-refractivity contribution is 7.18. The zero-order valence-electron chi connectivity index (χ0n) is 20.1. The van der Waals surface area contributed by atoms with Gasteiger partial charge in [0.25, 0.3) is 17.4 Å². The lowest BCUT2D eigenvalue weighted by atomic mass is 10.1. The van der Waals surface area contributed by atoms with Crippen LogP contribution in [-0.4, -0.2) is 54.6 Å². The third kappa shape index (κ3) is 6.65. The second-order valence-corrected chi connectivity index (χ2v) is 10.4. The van der Waals surface area contributed by atoms with Crippen molar-refractivity contribution in [3.63, 3.8) is 0 Å². The summed E-state index contributed by atoms with van der Waals surface area (Å²) in [4.78, 5) is 51.1. The van der Waals surface area contributed by atoms with Crippen LogP contribution in [0.3, 0.4) is 0 Å². The summed E-state index contributed by atoms with van der Waals surface area (Å²) in [7, 11) is 1.56. The van der Waals surface area contributed by atoms with E-state index in [1.165, 1.54) is 10.6 Å². The molecule has 2 aromatic heterocycles. The molecule has 0 aliphatic heterocycles. The van der Waals surface area contributed by atoms with Gasteiger partial charge in [-0.2, -0.15) is 0 Å². The van der Waals surface area contributed by atoms with E-state index in [0.717, 1.165) is 11.3 Å². The zero-order chi connectivity index (χ0) is 26.4. The van der Waals surface area contributed by atoms with Crippen LogP contribution in [-0.2, 0) is 9.53 Å². The van der Waals surface area contributed by atoms with Crippen LogP contribution in [0.25, 0.3) is 5.69 Å². The number of hydrogen-bond acceptors (Lipinski definition) is 6. The van der Waals surface area contributed by atoms with E-state index in [0.29, 0.717) is 46.5 Å². The fraction of sp³-hybridized carbons (Fsp3) is 0.308. The molecule has 37 heavy (non-hydrogen) atoms. The molecule has 0 saturated heterocycles. The molecule has 1 aliphatic carbocycles. The smallest absolute Gasteiger partial charge is 0.261 e. The number of amides is 3. The van der Waals surface area contributed by atoms with Crippen LogP contribution in [0.4, 0.5) is 0 Å². The van der Waals surface area contributed by atoms with Gasteiger partial charge in [-0.25, -0.2) is 0 Å². The number of rotatable bonds is 9. The number of benzene rings is 1. The van der Waals surface area contributed by atoms with Crippen LogP contribution in [0, 0.1) is 5.92 Å². The molecule has 3 aromatic rings. The number of thiophene rings is 1. The van der Waals surface area contributed by atoms with Crippen molar-refractivity contribution in [3.8, 4) is 5.69 Å². The van der Waals surface area contributed by atoms with Gasteiger partial charge in [-0.1, -0.05) is 17.7 Å². The number of nitrogens with zero attached hydrogens (tertiary/aromatic N) is 1. The highest BCUT2D eigenvalue weighted by atomic mass is 35.5. The third-order valence-corrected chi connectivity index (χ3v) is 7.43. The normalized spacial score (nSPS) is 18.8. The van der Waals surface area contributed by atoms with Crippen molar-refractivity contribution in [1.82, 2.24) is 20.5 Å². The van der Waals surface area contributed by atoms with Crippen LogP contribution in [0.2, 0.25) is 4.34 Å². The summed E-state index contributed by atoms with van der Waals surface area (Å²) in [5, 5.41) is 8.77. The number of aromatic nitrogens is 1. The molecule has 0 radical (unpaired) electrons. The Morgan fingerprint density at radius 1 is 1.00 bits per heavy atom. The molecule has 4 rings (SSSR count). The minimum absolute atomic E-state index is 0.148. The van der Waals surface area contributed by atoms with Gasteiger partial charge in [-0.3, -0.25) is 23.7 Å². The molecule has 1 aliphatic rings. The Kier molecular flexibility index (Phi) is 8.75. The van der Waals surface area contributed by atoms with Crippen molar-refractivity contribution in [3.05, 3.63) is 85.9 Å². The Balaban J connectivity index is 1.46. The van der Waals surface area contributed by atoms with E-state index in [2.05, 4.69) is 16.0 Å². The standard InChI is InChI=1S/C26H27ClN4O5S/c1-36-13-11-28-24(33)17-14-19(20(15-17)30-26(35)21-9-10-22(27)37-21)29-25(34)16-5-7-18(8-6-16)31-12-3-2-4-23(31)32/h2-10,12,17,19-20H,11,13-15H2,1H3,(H,28,33)(H,29,34)(H,30,35)/t17-,19-,20+/m0/s1. The maximum atomic E-state index is 13.1. The summed E-state index contributed by atoms with van der Waals surface area (Å²) in [6, 6.07) is 13.9. The van der Waals surface area contributed by atoms with Gasteiger partial charge in [0.1, 0.15) is 0 Å². The molecule has 194 valence electrons. The Bertz CT molecular complexity index is 1320. The van der Waals surface area contributed by atoms with Crippen LogP contribution in [0.5, 0.6) is 0 Å². The molecular weight excluding hydrogens is 516 g/mol. The summed E-state index contributed by atoms with van der Waals surface area (Å²) in [6.07, 6.45) is 2.41. The first-order valence-electron chi connectivity index (χ1n) is 11.8. The fourth-order valence-corrected chi connectivity index (χ4v) is 5.28. The van der Waals surface area contributed by atoms with Gasteiger partial charge in [0.15, 0.2) is 0 Å². The second kappa shape index (κ2) is 12.2. The van der Waals surface area contributed by atoms with Gasteiger partial charge >= 0.3 is 0 Å². The van der Waals surface area contributed by atoms with Crippen LogP contribution in [0.15, 0.2) is 65.6 Å². The highest BCUT2D eigenvalue weighted by Gasteiger charge is 2.39. The first kappa shape index (κ1) is 26.6. The quantitative estimate of drug-likeness (QED) is 0.359. The van der Waals surface area contributed by atoms with Crippen LogP contribution < -0.4 is 21.5 Å².